The van der Waals surface area contributed by atoms with Crippen molar-refractivity contribution in [1.82, 2.24) is 9.71 Å². The Kier molecular flexibility index (Phi) is 4.69. The summed E-state index contributed by atoms with van der Waals surface area (Å²) < 4.78 is 32.7. The van der Waals surface area contributed by atoms with E-state index >= 15 is 0 Å². The third-order valence-corrected chi connectivity index (χ3v) is 5.38. The summed E-state index contributed by atoms with van der Waals surface area (Å²) in [6, 6.07) is 12.7. The Balaban J connectivity index is 1.65. The van der Waals surface area contributed by atoms with Crippen LogP contribution in [0.1, 0.15) is 23.9 Å². The van der Waals surface area contributed by atoms with Crippen molar-refractivity contribution in [3.63, 3.8) is 0 Å². The highest BCUT2D eigenvalue weighted by Crippen LogP contribution is 2.17. The van der Waals surface area contributed by atoms with Crippen LogP contribution in [0.4, 0.5) is 0 Å². The van der Waals surface area contributed by atoms with E-state index in [1.54, 1.807) is 19.1 Å². The lowest BCUT2D eigenvalue weighted by Crippen LogP contribution is -2.26. The van der Waals surface area contributed by atoms with Gasteiger partial charge >= 0.3 is 0 Å². The Hall–Kier alpha value is -2.18. The minimum atomic E-state index is -3.48. The van der Waals surface area contributed by atoms with Gasteiger partial charge in [-0.1, -0.05) is 25.1 Å². The zero-order chi connectivity index (χ0) is 17.2. The number of nitrogens with one attached hydrogen (secondary N) is 1. The lowest BCUT2D eigenvalue weighted by Gasteiger charge is -2.07. The van der Waals surface area contributed by atoms with Crippen molar-refractivity contribution < 1.29 is 12.8 Å². The number of hydrogen-bond acceptors (Lipinski definition) is 4. The van der Waals surface area contributed by atoms with Crippen molar-refractivity contribution >= 4 is 21.1 Å². The fourth-order valence-electron chi connectivity index (χ4n) is 2.56. The van der Waals surface area contributed by atoms with Crippen LogP contribution in [-0.2, 0) is 22.9 Å². The molecular formula is C18H20N2O3S. The number of benzene rings is 2. The summed E-state index contributed by atoms with van der Waals surface area (Å²) in [6.07, 6.45) is 1.48. The molecule has 0 radical (unpaired) electrons. The Bertz CT molecular complexity index is 944. The molecule has 0 saturated carbocycles. The molecule has 0 aliphatic carbocycles. The average Bonchev–Trinajstić information content (AvgIpc) is 2.94. The molecule has 0 aliphatic heterocycles. The van der Waals surface area contributed by atoms with E-state index in [4.69, 9.17) is 4.42 Å². The molecule has 24 heavy (non-hydrogen) atoms. The van der Waals surface area contributed by atoms with Gasteiger partial charge in [-0.3, -0.25) is 0 Å². The Morgan fingerprint density at radius 1 is 1.08 bits per heavy atom. The average molecular weight is 344 g/mol. The summed E-state index contributed by atoms with van der Waals surface area (Å²) in [5, 5.41) is 0. The van der Waals surface area contributed by atoms with Gasteiger partial charge in [-0.05, 0) is 48.2 Å². The van der Waals surface area contributed by atoms with Crippen LogP contribution in [0.2, 0.25) is 0 Å². The fourth-order valence-corrected chi connectivity index (χ4v) is 3.59. The minimum Gasteiger partial charge on any atom is -0.441 e. The molecule has 0 fully saturated rings. The summed E-state index contributed by atoms with van der Waals surface area (Å²) in [6.45, 7) is 4.17. The smallest absolute Gasteiger partial charge is 0.240 e. The second-order valence-electron chi connectivity index (χ2n) is 5.68. The maximum absolute atomic E-state index is 12.3. The summed E-state index contributed by atoms with van der Waals surface area (Å²) in [5.41, 5.74) is 3.67. The van der Waals surface area contributed by atoms with Crippen molar-refractivity contribution in [2.45, 2.75) is 31.6 Å². The SMILES string of the molecule is CCc1ccc(S(=O)(=O)NCCc2ccc3oc(C)nc3c2)cc1. The molecule has 126 valence electrons. The number of sulfonamides is 1. The molecular weight excluding hydrogens is 324 g/mol. The standard InChI is InChI=1S/C18H20N2O3S/c1-3-14-4-7-16(8-5-14)24(21,22)19-11-10-15-6-9-18-17(12-15)20-13(2)23-18/h4-9,12,19H,3,10-11H2,1-2H3. The monoisotopic (exact) mass is 344 g/mol. The summed E-state index contributed by atoms with van der Waals surface area (Å²) in [5.74, 6) is 0.623. The molecule has 0 amide bonds. The van der Waals surface area contributed by atoms with E-state index in [0.29, 0.717) is 23.8 Å². The number of hydrogen-bond donors (Lipinski definition) is 1. The van der Waals surface area contributed by atoms with Crippen LogP contribution in [0.25, 0.3) is 11.1 Å². The lowest BCUT2D eigenvalue weighted by molar-refractivity contribution is 0.561. The van der Waals surface area contributed by atoms with Gasteiger partial charge in [0.25, 0.3) is 0 Å². The van der Waals surface area contributed by atoms with Crippen LogP contribution in [0.15, 0.2) is 51.8 Å². The van der Waals surface area contributed by atoms with Crippen LogP contribution < -0.4 is 4.72 Å². The number of fused-ring (bicyclic) bond motifs is 1. The molecule has 5 nitrogen and oxygen atoms in total. The largest absolute Gasteiger partial charge is 0.441 e. The van der Waals surface area contributed by atoms with Crippen molar-refractivity contribution in [1.29, 1.82) is 0 Å². The van der Waals surface area contributed by atoms with Gasteiger partial charge in [0.1, 0.15) is 5.52 Å². The highest BCUT2D eigenvalue weighted by atomic mass is 32.2. The second kappa shape index (κ2) is 6.75. The van der Waals surface area contributed by atoms with Crippen molar-refractivity contribution in [3.05, 3.63) is 59.5 Å². The zero-order valence-corrected chi connectivity index (χ0v) is 14.6. The maximum atomic E-state index is 12.3. The van der Waals surface area contributed by atoms with E-state index in [9.17, 15) is 8.42 Å². The first-order chi connectivity index (χ1) is 11.5. The summed E-state index contributed by atoms with van der Waals surface area (Å²) in [7, 11) is -3.48. The predicted molar refractivity (Wildman–Crippen MR) is 93.5 cm³/mol. The molecule has 0 atom stereocenters. The van der Waals surface area contributed by atoms with E-state index in [1.165, 1.54) is 0 Å². The molecule has 2 aromatic carbocycles. The van der Waals surface area contributed by atoms with E-state index < -0.39 is 10.0 Å². The van der Waals surface area contributed by atoms with Crippen LogP contribution in [0.3, 0.4) is 0 Å². The number of nitrogens with zero attached hydrogens (tertiary/aromatic N) is 1. The van der Waals surface area contributed by atoms with Gasteiger partial charge in [-0.25, -0.2) is 18.1 Å². The van der Waals surface area contributed by atoms with Gasteiger partial charge in [-0.15, -0.1) is 0 Å². The van der Waals surface area contributed by atoms with Gasteiger partial charge in [-0.2, -0.15) is 0 Å². The molecule has 6 heteroatoms. The molecule has 0 unspecified atom stereocenters. The summed E-state index contributed by atoms with van der Waals surface area (Å²) >= 11 is 0. The molecule has 1 heterocycles. The molecule has 0 bridgehead atoms. The quantitative estimate of drug-likeness (QED) is 0.745. The molecule has 1 aromatic heterocycles. The zero-order valence-electron chi connectivity index (χ0n) is 13.7. The highest BCUT2D eigenvalue weighted by Gasteiger charge is 2.13. The molecule has 1 N–H and O–H groups in total. The topological polar surface area (TPSA) is 72.2 Å². The fraction of sp³-hybridized carbons (Fsp3) is 0.278. The number of rotatable bonds is 6. The van der Waals surface area contributed by atoms with Crippen LogP contribution in [0, 0.1) is 6.92 Å². The Morgan fingerprint density at radius 2 is 1.79 bits per heavy atom. The summed E-state index contributed by atoms with van der Waals surface area (Å²) in [4.78, 5) is 4.58. The molecule has 0 spiro atoms. The third-order valence-electron chi connectivity index (χ3n) is 3.91. The first-order valence-corrected chi connectivity index (χ1v) is 9.41. The Labute approximate surface area is 141 Å². The minimum absolute atomic E-state index is 0.294. The van der Waals surface area contributed by atoms with E-state index in [2.05, 4.69) is 9.71 Å². The van der Waals surface area contributed by atoms with Crippen LogP contribution in [-0.4, -0.2) is 19.9 Å². The Morgan fingerprint density at radius 3 is 2.50 bits per heavy atom. The van der Waals surface area contributed by atoms with Gasteiger partial charge in [0, 0.05) is 13.5 Å². The van der Waals surface area contributed by atoms with Crippen molar-refractivity contribution in [2.24, 2.45) is 0 Å². The number of oxazole rings is 1. The molecule has 0 aliphatic rings. The van der Waals surface area contributed by atoms with Gasteiger partial charge in [0.2, 0.25) is 10.0 Å². The predicted octanol–water partition coefficient (Wildman–Crippen LogP) is 3.22. The second-order valence-corrected chi connectivity index (χ2v) is 7.45. The van der Waals surface area contributed by atoms with E-state index in [-0.39, 0.29) is 0 Å². The van der Waals surface area contributed by atoms with Gasteiger partial charge in [0.05, 0.1) is 4.90 Å². The van der Waals surface area contributed by atoms with Crippen LogP contribution in [0.5, 0.6) is 0 Å². The van der Waals surface area contributed by atoms with Gasteiger partial charge in [0.15, 0.2) is 11.5 Å². The lowest BCUT2D eigenvalue weighted by atomic mass is 10.1. The maximum Gasteiger partial charge on any atom is 0.240 e. The van der Waals surface area contributed by atoms with Crippen molar-refractivity contribution in [3.8, 4) is 0 Å². The normalized spacial score (nSPS) is 11.9. The third kappa shape index (κ3) is 3.66. The van der Waals surface area contributed by atoms with Gasteiger partial charge < -0.3 is 4.42 Å². The van der Waals surface area contributed by atoms with E-state index in [1.807, 2.05) is 37.3 Å². The number of aryl methyl sites for hydroxylation is 2. The number of aromatic nitrogens is 1. The molecule has 3 rings (SSSR count). The molecule has 0 saturated heterocycles. The van der Waals surface area contributed by atoms with Crippen molar-refractivity contribution in [2.75, 3.05) is 6.54 Å². The molecule has 3 aromatic rings. The first kappa shape index (κ1) is 16.7. The van der Waals surface area contributed by atoms with E-state index in [0.717, 1.165) is 28.6 Å². The van der Waals surface area contributed by atoms with Crippen LogP contribution >= 0.6 is 0 Å². The first-order valence-electron chi connectivity index (χ1n) is 7.92. The highest BCUT2D eigenvalue weighted by molar-refractivity contribution is 7.89.